The molecule has 1 atom stereocenters. The summed E-state index contributed by atoms with van der Waals surface area (Å²) in [5.74, 6) is -0.252. The van der Waals surface area contributed by atoms with Crippen molar-refractivity contribution in [3.8, 4) is 0 Å². The lowest BCUT2D eigenvalue weighted by Gasteiger charge is -2.33. The maximum atomic E-state index is 14.0. The van der Waals surface area contributed by atoms with Gasteiger partial charge in [-0.15, -0.1) is 0 Å². The molecule has 0 radical (unpaired) electrons. The summed E-state index contributed by atoms with van der Waals surface area (Å²) < 4.78 is 14.0. The van der Waals surface area contributed by atoms with Crippen LogP contribution in [0.4, 0.5) is 4.39 Å². The molecule has 1 aromatic rings. The molecule has 1 nitrogen and oxygen atoms in total. The van der Waals surface area contributed by atoms with Crippen molar-refractivity contribution in [3.63, 3.8) is 0 Å². The van der Waals surface area contributed by atoms with Crippen molar-refractivity contribution < 1.29 is 4.39 Å². The number of hydrogen-bond acceptors (Lipinski definition) is 1. The van der Waals surface area contributed by atoms with E-state index < -0.39 is 0 Å². The highest BCUT2D eigenvalue weighted by atomic mass is 35.5. The van der Waals surface area contributed by atoms with E-state index in [1.807, 2.05) is 12.1 Å². The van der Waals surface area contributed by atoms with E-state index in [1.165, 1.54) is 19.3 Å². The predicted octanol–water partition coefficient (Wildman–Crippen LogP) is 4.33. The summed E-state index contributed by atoms with van der Waals surface area (Å²) in [6, 6.07) is 5.30. The third-order valence-corrected chi connectivity index (χ3v) is 4.36. The van der Waals surface area contributed by atoms with Crippen LogP contribution in [0.1, 0.15) is 44.6 Å². The first kappa shape index (κ1) is 13.8. The Morgan fingerprint density at radius 2 is 2.17 bits per heavy atom. The van der Waals surface area contributed by atoms with Gasteiger partial charge in [-0.25, -0.2) is 4.39 Å². The third kappa shape index (κ3) is 3.04. The summed E-state index contributed by atoms with van der Waals surface area (Å²) in [6.07, 6.45) is 6.60. The van der Waals surface area contributed by atoms with Crippen LogP contribution in [-0.4, -0.2) is 12.1 Å². The van der Waals surface area contributed by atoms with E-state index in [0.717, 1.165) is 31.4 Å². The van der Waals surface area contributed by atoms with Crippen LogP contribution >= 0.6 is 11.6 Å². The van der Waals surface area contributed by atoms with Crippen LogP contribution in [0.2, 0.25) is 5.02 Å². The Balaban J connectivity index is 2.21. The van der Waals surface area contributed by atoms with Gasteiger partial charge < -0.3 is 5.32 Å². The van der Waals surface area contributed by atoms with Gasteiger partial charge in [0.2, 0.25) is 0 Å². The van der Waals surface area contributed by atoms with Crippen molar-refractivity contribution >= 4 is 11.6 Å². The number of nitrogens with one attached hydrogen (secondary N) is 1. The third-order valence-electron chi connectivity index (χ3n) is 4.07. The second kappa shape index (κ2) is 6.03. The molecule has 0 spiro atoms. The first-order chi connectivity index (χ1) is 8.67. The van der Waals surface area contributed by atoms with Crippen LogP contribution in [0.3, 0.4) is 0 Å². The Bertz CT molecular complexity index is 397. The summed E-state index contributed by atoms with van der Waals surface area (Å²) >= 11 is 5.86. The zero-order valence-electron chi connectivity index (χ0n) is 10.9. The lowest BCUT2D eigenvalue weighted by Crippen LogP contribution is -2.46. The van der Waals surface area contributed by atoms with Crippen molar-refractivity contribution in [1.29, 1.82) is 0 Å². The fourth-order valence-corrected chi connectivity index (χ4v) is 3.03. The topological polar surface area (TPSA) is 12.0 Å². The zero-order chi connectivity index (χ0) is 13.0. The molecular weight excluding hydrogens is 249 g/mol. The molecule has 2 rings (SSSR count). The van der Waals surface area contributed by atoms with E-state index in [0.29, 0.717) is 0 Å². The van der Waals surface area contributed by atoms with Crippen LogP contribution in [0, 0.1) is 5.82 Å². The van der Waals surface area contributed by atoms with E-state index in [1.54, 1.807) is 6.07 Å². The fraction of sp³-hybridized carbons (Fsp3) is 0.600. The average molecular weight is 270 g/mol. The van der Waals surface area contributed by atoms with E-state index in [9.17, 15) is 4.39 Å². The van der Waals surface area contributed by atoms with Gasteiger partial charge in [0.25, 0.3) is 0 Å². The second-order valence-electron chi connectivity index (χ2n) is 5.26. The van der Waals surface area contributed by atoms with Gasteiger partial charge in [0.05, 0.1) is 5.02 Å². The number of hydrogen-bond donors (Lipinski definition) is 1. The average Bonchev–Trinajstić information content (AvgIpc) is 2.61. The van der Waals surface area contributed by atoms with Gasteiger partial charge in [0.1, 0.15) is 5.82 Å². The van der Waals surface area contributed by atoms with Crippen molar-refractivity contribution in [3.05, 3.63) is 34.6 Å². The van der Waals surface area contributed by atoms with Crippen LogP contribution in [-0.2, 0) is 6.42 Å². The van der Waals surface area contributed by atoms with Gasteiger partial charge in [-0.2, -0.15) is 0 Å². The highest BCUT2D eigenvalue weighted by molar-refractivity contribution is 6.30. The highest BCUT2D eigenvalue weighted by Crippen LogP contribution is 2.29. The minimum Gasteiger partial charge on any atom is -0.311 e. The number of benzene rings is 1. The Kier molecular flexibility index (Phi) is 4.63. The molecule has 1 aliphatic heterocycles. The molecule has 100 valence electrons. The molecular formula is C15H21ClFN. The Morgan fingerprint density at radius 1 is 1.33 bits per heavy atom. The molecule has 0 aliphatic carbocycles. The molecule has 18 heavy (non-hydrogen) atoms. The van der Waals surface area contributed by atoms with Gasteiger partial charge in [-0.1, -0.05) is 43.5 Å². The number of halogens is 2. The van der Waals surface area contributed by atoms with Gasteiger partial charge in [-0.3, -0.25) is 0 Å². The summed E-state index contributed by atoms with van der Waals surface area (Å²) in [6.45, 7) is 3.22. The molecule has 0 bridgehead atoms. The minimum atomic E-state index is -0.252. The van der Waals surface area contributed by atoms with Crippen molar-refractivity contribution in [2.75, 3.05) is 6.54 Å². The first-order valence-electron chi connectivity index (χ1n) is 6.85. The summed E-state index contributed by atoms with van der Waals surface area (Å²) in [5.41, 5.74) is 0.779. The molecule has 1 fully saturated rings. The molecule has 3 heteroatoms. The minimum absolute atomic E-state index is 0.0437. The first-order valence-corrected chi connectivity index (χ1v) is 7.22. The van der Waals surface area contributed by atoms with Crippen LogP contribution in [0.15, 0.2) is 18.2 Å². The number of rotatable bonds is 3. The zero-order valence-corrected chi connectivity index (χ0v) is 11.7. The molecule has 1 unspecified atom stereocenters. The predicted molar refractivity (Wildman–Crippen MR) is 74.6 cm³/mol. The van der Waals surface area contributed by atoms with E-state index in [-0.39, 0.29) is 16.4 Å². The van der Waals surface area contributed by atoms with Gasteiger partial charge in [0.15, 0.2) is 0 Å². The highest BCUT2D eigenvalue weighted by Gasteiger charge is 2.29. The molecule has 0 saturated carbocycles. The van der Waals surface area contributed by atoms with Crippen molar-refractivity contribution in [1.82, 2.24) is 5.32 Å². The van der Waals surface area contributed by atoms with Crippen molar-refractivity contribution in [2.24, 2.45) is 0 Å². The molecule has 0 aromatic heterocycles. The second-order valence-corrected chi connectivity index (χ2v) is 5.67. The van der Waals surface area contributed by atoms with Gasteiger partial charge >= 0.3 is 0 Å². The largest absolute Gasteiger partial charge is 0.311 e. The van der Waals surface area contributed by atoms with E-state index >= 15 is 0 Å². The van der Waals surface area contributed by atoms with Crippen LogP contribution in [0.25, 0.3) is 0 Å². The summed E-state index contributed by atoms with van der Waals surface area (Å²) in [4.78, 5) is 0. The quantitative estimate of drug-likeness (QED) is 0.861. The molecule has 1 heterocycles. The van der Waals surface area contributed by atoms with Crippen LogP contribution < -0.4 is 5.32 Å². The fourth-order valence-electron chi connectivity index (χ4n) is 2.83. The lowest BCUT2D eigenvalue weighted by atomic mass is 9.84. The standard InChI is InChI=1S/C15H21ClFN/c1-2-15(9-4-3-5-10-18-15)11-12-7-6-8-13(16)14(12)17/h6-8,18H,2-5,9-11H2,1H3. The smallest absolute Gasteiger partial charge is 0.145 e. The maximum absolute atomic E-state index is 14.0. The Hall–Kier alpha value is -0.600. The van der Waals surface area contributed by atoms with Crippen LogP contribution in [0.5, 0.6) is 0 Å². The van der Waals surface area contributed by atoms with Gasteiger partial charge in [0, 0.05) is 5.54 Å². The van der Waals surface area contributed by atoms with Crippen molar-refractivity contribution in [2.45, 2.75) is 51.0 Å². The maximum Gasteiger partial charge on any atom is 0.145 e. The monoisotopic (exact) mass is 269 g/mol. The van der Waals surface area contributed by atoms with E-state index in [2.05, 4.69) is 12.2 Å². The molecule has 1 aliphatic rings. The molecule has 1 saturated heterocycles. The lowest BCUT2D eigenvalue weighted by molar-refractivity contribution is 0.299. The molecule has 1 N–H and O–H groups in total. The Morgan fingerprint density at radius 3 is 2.94 bits per heavy atom. The van der Waals surface area contributed by atoms with E-state index in [4.69, 9.17) is 11.6 Å². The molecule has 1 aromatic carbocycles. The summed E-state index contributed by atoms with van der Waals surface area (Å²) in [5, 5.41) is 3.86. The van der Waals surface area contributed by atoms with Gasteiger partial charge in [-0.05, 0) is 43.9 Å². The summed E-state index contributed by atoms with van der Waals surface area (Å²) in [7, 11) is 0. The molecule has 0 amide bonds. The SMILES string of the molecule is CCC1(Cc2cccc(Cl)c2F)CCCCCN1. The Labute approximate surface area is 114 Å². The normalized spacial score (nSPS) is 24.8.